The van der Waals surface area contributed by atoms with Crippen LogP contribution in [0, 0.1) is 5.82 Å². The average molecular weight is 273 g/mol. The first-order valence-corrected chi connectivity index (χ1v) is 6.44. The maximum atomic E-state index is 13.4. The van der Waals surface area contributed by atoms with Crippen LogP contribution in [0.2, 0.25) is 0 Å². The number of hydrogen-bond donors (Lipinski definition) is 1. The minimum Gasteiger partial charge on any atom is -0.494 e. The molecule has 2 aromatic rings. The fraction of sp³-hybridized carbons (Fsp3) is 0.188. The Bertz CT molecular complexity index is 608. The number of ether oxygens (including phenoxy) is 1. The number of rotatable bonds is 5. The van der Waals surface area contributed by atoms with Gasteiger partial charge in [-0.05, 0) is 48.9 Å². The third kappa shape index (κ3) is 3.15. The first kappa shape index (κ1) is 14.1. The lowest BCUT2D eigenvalue weighted by atomic mass is 10.0. The molecule has 0 bridgehead atoms. The van der Waals surface area contributed by atoms with Gasteiger partial charge >= 0.3 is 0 Å². The van der Waals surface area contributed by atoms with Gasteiger partial charge in [0.1, 0.15) is 11.6 Å². The Morgan fingerprint density at radius 1 is 1.15 bits per heavy atom. The summed E-state index contributed by atoms with van der Waals surface area (Å²) in [6.45, 7) is 2.66. The molecule has 0 radical (unpaired) electrons. The zero-order valence-corrected chi connectivity index (χ0v) is 11.2. The predicted octanol–water partition coefficient (Wildman–Crippen LogP) is 3.43. The van der Waals surface area contributed by atoms with Crippen molar-refractivity contribution in [2.45, 2.75) is 13.3 Å². The summed E-state index contributed by atoms with van der Waals surface area (Å²) >= 11 is 0. The number of anilines is 1. The summed E-state index contributed by atoms with van der Waals surface area (Å²) in [7, 11) is 0. The van der Waals surface area contributed by atoms with Crippen LogP contribution in [-0.4, -0.2) is 12.4 Å². The van der Waals surface area contributed by atoms with Gasteiger partial charge in [-0.1, -0.05) is 6.92 Å². The number of carbonyl (C=O) groups is 1. The van der Waals surface area contributed by atoms with E-state index in [1.165, 1.54) is 12.1 Å². The molecule has 0 heterocycles. The zero-order chi connectivity index (χ0) is 14.5. The summed E-state index contributed by atoms with van der Waals surface area (Å²) in [6, 6.07) is 10.9. The highest BCUT2D eigenvalue weighted by atomic mass is 19.1. The van der Waals surface area contributed by atoms with Crippen LogP contribution < -0.4 is 10.5 Å². The molecule has 0 aliphatic rings. The predicted molar refractivity (Wildman–Crippen MR) is 76.5 cm³/mol. The molecule has 4 heteroatoms. The molecule has 0 aromatic heterocycles. The quantitative estimate of drug-likeness (QED) is 0.670. The van der Waals surface area contributed by atoms with Gasteiger partial charge < -0.3 is 10.5 Å². The monoisotopic (exact) mass is 273 g/mol. The lowest BCUT2D eigenvalue weighted by Gasteiger charge is -2.06. The second kappa shape index (κ2) is 6.19. The Hall–Kier alpha value is -2.36. The van der Waals surface area contributed by atoms with Crippen LogP contribution in [0.3, 0.4) is 0 Å². The van der Waals surface area contributed by atoms with Crippen LogP contribution >= 0.6 is 0 Å². The van der Waals surface area contributed by atoms with Crippen molar-refractivity contribution < 1.29 is 13.9 Å². The van der Waals surface area contributed by atoms with Crippen molar-refractivity contribution in [1.82, 2.24) is 0 Å². The lowest BCUT2D eigenvalue weighted by molar-refractivity contribution is 0.103. The van der Waals surface area contributed by atoms with Crippen LogP contribution in [0.15, 0.2) is 42.5 Å². The van der Waals surface area contributed by atoms with E-state index < -0.39 is 5.82 Å². The fourth-order valence-electron chi connectivity index (χ4n) is 1.76. The molecule has 104 valence electrons. The maximum Gasteiger partial charge on any atom is 0.193 e. The molecule has 0 saturated heterocycles. The molecule has 3 nitrogen and oxygen atoms in total. The standard InChI is InChI=1S/C16H16FNO2/c1-2-9-20-13-6-3-11(4-7-13)16(19)12-5-8-15(18)14(17)10-12/h3-8,10H,2,9,18H2,1H3. The van der Waals surface area contributed by atoms with E-state index in [2.05, 4.69) is 0 Å². The van der Waals surface area contributed by atoms with Gasteiger partial charge in [0.25, 0.3) is 0 Å². The van der Waals surface area contributed by atoms with Crippen molar-refractivity contribution in [2.24, 2.45) is 0 Å². The highest BCUT2D eigenvalue weighted by molar-refractivity contribution is 6.09. The van der Waals surface area contributed by atoms with Crippen molar-refractivity contribution in [2.75, 3.05) is 12.3 Å². The van der Waals surface area contributed by atoms with Crippen LogP contribution in [0.5, 0.6) is 5.75 Å². The number of ketones is 1. The second-order valence-corrected chi connectivity index (χ2v) is 4.44. The second-order valence-electron chi connectivity index (χ2n) is 4.44. The Morgan fingerprint density at radius 3 is 2.40 bits per heavy atom. The number of halogens is 1. The van der Waals surface area contributed by atoms with Crippen molar-refractivity contribution in [3.63, 3.8) is 0 Å². The summed E-state index contributed by atoms with van der Waals surface area (Å²) < 4.78 is 18.8. The van der Waals surface area contributed by atoms with Gasteiger partial charge in [0.2, 0.25) is 0 Å². The number of nitrogen functional groups attached to an aromatic ring is 1. The van der Waals surface area contributed by atoms with Gasteiger partial charge in [0.15, 0.2) is 5.78 Å². The van der Waals surface area contributed by atoms with Crippen molar-refractivity contribution in [3.8, 4) is 5.75 Å². The summed E-state index contributed by atoms with van der Waals surface area (Å²) in [5.74, 6) is -0.114. The number of carbonyl (C=O) groups excluding carboxylic acids is 1. The summed E-state index contributed by atoms with van der Waals surface area (Å²) in [5.41, 5.74) is 6.18. The zero-order valence-electron chi connectivity index (χ0n) is 11.2. The van der Waals surface area contributed by atoms with Crippen LogP contribution in [0.25, 0.3) is 0 Å². The molecular weight excluding hydrogens is 257 g/mol. The fourth-order valence-corrected chi connectivity index (χ4v) is 1.76. The van der Waals surface area contributed by atoms with Crippen molar-refractivity contribution in [3.05, 3.63) is 59.4 Å². The lowest BCUT2D eigenvalue weighted by Crippen LogP contribution is -2.03. The molecule has 0 amide bonds. The summed E-state index contributed by atoms with van der Waals surface area (Å²) in [5, 5.41) is 0. The first-order valence-electron chi connectivity index (χ1n) is 6.44. The molecule has 0 atom stereocenters. The van der Waals surface area contributed by atoms with Gasteiger partial charge in [-0.15, -0.1) is 0 Å². The third-order valence-electron chi connectivity index (χ3n) is 2.85. The molecule has 0 spiro atoms. The molecule has 2 N–H and O–H groups in total. The van der Waals surface area contributed by atoms with E-state index in [9.17, 15) is 9.18 Å². The Kier molecular flexibility index (Phi) is 4.35. The van der Waals surface area contributed by atoms with Gasteiger partial charge in [-0.2, -0.15) is 0 Å². The van der Waals surface area contributed by atoms with Gasteiger partial charge in [-0.3, -0.25) is 4.79 Å². The Labute approximate surface area is 117 Å². The Balaban J connectivity index is 2.18. The molecule has 0 aliphatic carbocycles. The third-order valence-corrected chi connectivity index (χ3v) is 2.85. The van der Waals surface area contributed by atoms with Gasteiger partial charge in [-0.25, -0.2) is 4.39 Å². The highest BCUT2D eigenvalue weighted by Crippen LogP contribution is 2.18. The van der Waals surface area contributed by atoms with Crippen LogP contribution in [0.1, 0.15) is 29.3 Å². The summed E-state index contributed by atoms with van der Waals surface area (Å²) in [4.78, 5) is 12.2. The normalized spacial score (nSPS) is 10.3. The van der Waals surface area contributed by atoms with Crippen molar-refractivity contribution in [1.29, 1.82) is 0 Å². The molecule has 0 unspecified atom stereocenters. The number of benzene rings is 2. The molecule has 2 rings (SSSR count). The number of nitrogens with two attached hydrogens (primary N) is 1. The highest BCUT2D eigenvalue weighted by Gasteiger charge is 2.11. The van der Waals surface area contributed by atoms with Crippen LogP contribution in [-0.2, 0) is 0 Å². The molecule has 0 fully saturated rings. The minimum atomic E-state index is -0.584. The molecule has 0 aliphatic heterocycles. The van der Waals surface area contributed by atoms with Crippen LogP contribution in [0.4, 0.5) is 10.1 Å². The Morgan fingerprint density at radius 2 is 1.80 bits per heavy atom. The van der Waals surface area contributed by atoms with E-state index in [1.54, 1.807) is 24.3 Å². The maximum absolute atomic E-state index is 13.4. The van der Waals surface area contributed by atoms with E-state index in [0.717, 1.165) is 12.5 Å². The minimum absolute atomic E-state index is 0.0323. The first-order chi connectivity index (χ1) is 9.61. The number of hydrogen-bond acceptors (Lipinski definition) is 3. The SMILES string of the molecule is CCCOc1ccc(C(=O)c2ccc(N)c(F)c2)cc1. The molecule has 20 heavy (non-hydrogen) atoms. The molecule has 2 aromatic carbocycles. The largest absolute Gasteiger partial charge is 0.494 e. The molecular formula is C16H16FNO2. The van der Waals surface area contributed by atoms with E-state index >= 15 is 0 Å². The summed E-state index contributed by atoms with van der Waals surface area (Å²) in [6.07, 6.45) is 0.922. The van der Waals surface area contributed by atoms with E-state index in [0.29, 0.717) is 17.9 Å². The van der Waals surface area contributed by atoms with E-state index in [-0.39, 0.29) is 17.0 Å². The van der Waals surface area contributed by atoms with E-state index in [1.807, 2.05) is 6.92 Å². The molecule has 0 saturated carbocycles. The van der Waals surface area contributed by atoms with Gasteiger partial charge in [0, 0.05) is 11.1 Å². The topological polar surface area (TPSA) is 52.3 Å². The van der Waals surface area contributed by atoms with E-state index in [4.69, 9.17) is 10.5 Å². The van der Waals surface area contributed by atoms with Crippen molar-refractivity contribution >= 4 is 11.5 Å². The van der Waals surface area contributed by atoms with Gasteiger partial charge in [0.05, 0.1) is 12.3 Å². The average Bonchev–Trinajstić information content (AvgIpc) is 2.48. The smallest absolute Gasteiger partial charge is 0.193 e.